The Hall–Kier alpha value is -3.13. The van der Waals surface area contributed by atoms with Crippen LogP contribution in [0.4, 0.5) is 0 Å². The summed E-state index contributed by atoms with van der Waals surface area (Å²) in [6, 6.07) is 0. The summed E-state index contributed by atoms with van der Waals surface area (Å²) in [4.78, 5) is 29.4. The maximum atomic E-state index is 13.3. The quantitative estimate of drug-likeness (QED) is 0.229. The number of carbonyl (C=O) groups is 2. The molecule has 1 saturated heterocycles. The number of hydrogen-bond acceptors (Lipinski definition) is 11. The third kappa shape index (κ3) is 7.48. The first kappa shape index (κ1) is 35.2. The van der Waals surface area contributed by atoms with Gasteiger partial charge in [-0.3, -0.25) is 4.79 Å². The van der Waals surface area contributed by atoms with E-state index in [-0.39, 0.29) is 31.0 Å². The van der Waals surface area contributed by atoms with Crippen molar-refractivity contribution in [3.05, 3.63) is 59.7 Å². The van der Waals surface area contributed by atoms with Crippen molar-refractivity contribution in [1.29, 1.82) is 0 Å². The smallest absolute Gasteiger partial charge is 0.331 e. The molecule has 1 aliphatic carbocycles. The van der Waals surface area contributed by atoms with Crippen LogP contribution >= 0.6 is 0 Å². The first-order valence-corrected chi connectivity index (χ1v) is 16.2. The fourth-order valence-corrected chi connectivity index (χ4v) is 7.17. The van der Waals surface area contributed by atoms with Gasteiger partial charge in [-0.05, 0) is 68.6 Å². The second-order valence-corrected chi connectivity index (χ2v) is 13.6. The predicted molar refractivity (Wildman–Crippen MR) is 170 cm³/mol. The highest BCUT2D eigenvalue weighted by Crippen LogP contribution is 2.49. The number of allylic oxidation sites excluding steroid dienone is 3. The number of nitrogens with zero attached hydrogens (tertiary/aromatic N) is 2. The van der Waals surface area contributed by atoms with Crippen LogP contribution in [0.25, 0.3) is 6.08 Å². The molecule has 3 aliphatic heterocycles. The Labute approximate surface area is 276 Å². The molecule has 0 spiro atoms. The molecule has 1 fully saturated rings. The number of carbonyl (C=O) groups excluding carboxylic acids is 2. The molecule has 0 aromatic carbocycles. The number of methoxy groups -OCH3 is 1. The third-order valence-electron chi connectivity index (χ3n) is 9.88. The molecule has 10 atom stereocenters. The first-order valence-electron chi connectivity index (χ1n) is 16.2. The molecule has 47 heavy (non-hydrogen) atoms. The van der Waals surface area contributed by atoms with Crippen LogP contribution in [-0.4, -0.2) is 94.1 Å². The Morgan fingerprint density at radius 1 is 1.23 bits per heavy atom. The molecule has 12 heteroatoms. The molecule has 0 saturated carbocycles. The zero-order chi connectivity index (χ0) is 34.1. The Morgan fingerprint density at radius 2 is 2.00 bits per heavy atom. The highest BCUT2D eigenvalue weighted by molar-refractivity contribution is 5.86. The van der Waals surface area contributed by atoms with Gasteiger partial charge >= 0.3 is 11.9 Å². The minimum Gasteiger partial charge on any atom is -0.456 e. The van der Waals surface area contributed by atoms with E-state index in [1.54, 1.807) is 30.3 Å². The summed E-state index contributed by atoms with van der Waals surface area (Å²) in [5.41, 5.74) is 1.43. The molecule has 258 valence electrons. The Balaban J connectivity index is 1.49. The van der Waals surface area contributed by atoms with Gasteiger partial charge in [-0.2, -0.15) is 0 Å². The van der Waals surface area contributed by atoms with Crippen LogP contribution in [0.5, 0.6) is 0 Å². The van der Waals surface area contributed by atoms with Gasteiger partial charge < -0.3 is 43.2 Å². The fourth-order valence-electron chi connectivity index (χ4n) is 7.17. The molecule has 2 bridgehead atoms. The van der Waals surface area contributed by atoms with Gasteiger partial charge in [-0.1, -0.05) is 31.6 Å². The molecule has 0 radical (unpaired) electrons. The highest BCUT2D eigenvalue weighted by Gasteiger charge is 2.54. The van der Waals surface area contributed by atoms with Gasteiger partial charge in [0.15, 0.2) is 12.4 Å². The van der Waals surface area contributed by atoms with Crippen molar-refractivity contribution in [1.82, 2.24) is 9.55 Å². The summed E-state index contributed by atoms with van der Waals surface area (Å²) in [6.07, 6.45) is 10.3. The fraction of sp³-hybridized carbons (Fsp3) is 0.629. The summed E-state index contributed by atoms with van der Waals surface area (Å²) >= 11 is 0. The van der Waals surface area contributed by atoms with Crippen LogP contribution < -0.4 is 0 Å². The van der Waals surface area contributed by atoms with Crippen LogP contribution in [0.1, 0.15) is 53.2 Å². The number of aliphatic hydroxyl groups excluding tert-OH is 2. The number of rotatable bonds is 9. The lowest BCUT2D eigenvalue weighted by molar-refractivity contribution is -0.277. The molecular weight excluding hydrogens is 608 g/mol. The predicted octanol–water partition coefficient (Wildman–Crippen LogP) is 3.24. The second kappa shape index (κ2) is 14.2. The van der Waals surface area contributed by atoms with Gasteiger partial charge in [-0.25, -0.2) is 9.78 Å². The molecule has 0 amide bonds. The van der Waals surface area contributed by atoms with E-state index >= 15 is 0 Å². The van der Waals surface area contributed by atoms with Crippen molar-refractivity contribution < 1.29 is 48.2 Å². The van der Waals surface area contributed by atoms with Crippen molar-refractivity contribution in [2.45, 2.75) is 89.6 Å². The van der Waals surface area contributed by atoms with E-state index in [2.05, 4.69) is 37.9 Å². The molecule has 4 heterocycles. The monoisotopic (exact) mass is 656 g/mol. The molecule has 1 aromatic heterocycles. The van der Waals surface area contributed by atoms with Crippen LogP contribution in [0.3, 0.4) is 0 Å². The van der Waals surface area contributed by atoms with Crippen LogP contribution in [-0.2, 0) is 45.1 Å². The summed E-state index contributed by atoms with van der Waals surface area (Å²) in [5, 5.41) is 20.8. The minimum absolute atomic E-state index is 0.0137. The number of aryl methyl sites for hydroxylation is 1. The second-order valence-electron chi connectivity index (χ2n) is 13.6. The van der Waals surface area contributed by atoms with Crippen molar-refractivity contribution >= 4 is 18.0 Å². The molecular formula is C35H48N2O10. The van der Waals surface area contributed by atoms with E-state index in [9.17, 15) is 19.8 Å². The van der Waals surface area contributed by atoms with E-state index in [1.165, 1.54) is 18.6 Å². The van der Waals surface area contributed by atoms with E-state index in [0.29, 0.717) is 23.6 Å². The van der Waals surface area contributed by atoms with Crippen molar-refractivity contribution in [2.24, 2.45) is 30.7 Å². The number of ether oxygens (including phenoxy) is 6. The lowest BCUT2D eigenvalue weighted by atomic mass is 9.65. The maximum Gasteiger partial charge on any atom is 0.331 e. The van der Waals surface area contributed by atoms with E-state index in [1.807, 2.05) is 26.1 Å². The number of imidazole rings is 1. The molecule has 1 aromatic rings. The molecule has 2 N–H and O–H groups in total. The van der Waals surface area contributed by atoms with Crippen LogP contribution in [0, 0.1) is 23.7 Å². The van der Waals surface area contributed by atoms with Gasteiger partial charge in [0.2, 0.25) is 5.79 Å². The van der Waals surface area contributed by atoms with E-state index in [4.69, 9.17) is 28.4 Å². The zero-order valence-electron chi connectivity index (χ0n) is 28.2. The first-order chi connectivity index (χ1) is 22.2. The van der Waals surface area contributed by atoms with Crippen molar-refractivity contribution in [2.75, 3.05) is 20.3 Å². The average molecular weight is 657 g/mol. The Bertz CT molecular complexity index is 1430. The highest BCUT2D eigenvalue weighted by atomic mass is 16.7. The molecule has 4 aliphatic rings. The normalized spacial score (nSPS) is 37.1. The number of aromatic nitrogens is 2. The molecule has 12 nitrogen and oxygen atoms in total. The maximum absolute atomic E-state index is 13.3. The largest absolute Gasteiger partial charge is 0.456 e. The van der Waals surface area contributed by atoms with Gasteiger partial charge in [0.05, 0.1) is 25.2 Å². The lowest BCUT2D eigenvalue weighted by Gasteiger charge is -2.41. The topological polar surface area (TPSA) is 148 Å². The van der Waals surface area contributed by atoms with Crippen molar-refractivity contribution in [3.63, 3.8) is 0 Å². The Kier molecular flexibility index (Phi) is 10.6. The number of esters is 2. The van der Waals surface area contributed by atoms with Gasteiger partial charge in [0, 0.05) is 38.9 Å². The van der Waals surface area contributed by atoms with Crippen LogP contribution in [0.2, 0.25) is 0 Å². The third-order valence-corrected chi connectivity index (χ3v) is 9.88. The number of hydrogen-bond donors (Lipinski definition) is 2. The summed E-state index contributed by atoms with van der Waals surface area (Å²) in [7, 11) is 3.40. The molecule has 5 rings (SSSR count). The summed E-state index contributed by atoms with van der Waals surface area (Å²) < 4.78 is 38.1. The van der Waals surface area contributed by atoms with Gasteiger partial charge in [-0.15, -0.1) is 0 Å². The van der Waals surface area contributed by atoms with Gasteiger partial charge in [0.1, 0.15) is 23.9 Å². The zero-order valence-corrected chi connectivity index (χ0v) is 28.2. The SMILES string of the molecule is COC12C=CC(C)(O1)[C@@H](OC(=O)/C=C\c1cn(C)cn1)C[C@H]1C(C)=CC[C@H](C(C)C)[C@@H]1C=C2CO[C@@H]1OC[C@@H](O)[C@H](O)[C@H]1OC(C)=O. The summed E-state index contributed by atoms with van der Waals surface area (Å²) in [6.45, 7) is 9.36. The number of aliphatic hydroxyl groups is 2. The number of fused-ring (bicyclic) bond motifs is 3. The van der Waals surface area contributed by atoms with E-state index in [0.717, 1.165) is 6.42 Å². The average Bonchev–Trinajstić information content (AvgIpc) is 3.61. The standard InChI is InChI=1S/C35H48N2O10/c1-20(2)25-10-8-21(3)26-15-29(46-30(40)11-9-24-16-37(6)19-36-24)34(5)12-13-35(42-7,47-34)23(14-27(25)26)17-43-33-32(45-22(4)38)31(41)28(39)18-44-33/h8-9,11-14,16,19-20,25-29,31-33,39,41H,10,15,17-18H2,1-7H3/b11-9-,23-14?/t25-,26+,27+,28-,29+,31+,32-,33-,34?,35?/m1/s1. The van der Waals surface area contributed by atoms with Crippen LogP contribution in [0.15, 0.2) is 54.1 Å². The van der Waals surface area contributed by atoms with Gasteiger partial charge in [0.25, 0.3) is 0 Å². The molecule has 2 unspecified atom stereocenters. The lowest BCUT2D eigenvalue weighted by Crippen LogP contribution is -2.55. The summed E-state index contributed by atoms with van der Waals surface area (Å²) in [5.74, 6) is -1.90. The Morgan fingerprint density at radius 3 is 2.66 bits per heavy atom. The van der Waals surface area contributed by atoms with E-state index < -0.39 is 54.0 Å². The minimum atomic E-state index is -1.39. The van der Waals surface area contributed by atoms with Crippen molar-refractivity contribution in [3.8, 4) is 0 Å².